The number of H-pyrrole nitrogens is 1. The van der Waals surface area contributed by atoms with E-state index in [9.17, 15) is 8.42 Å². The van der Waals surface area contributed by atoms with E-state index in [1.54, 1.807) is 0 Å². The first-order valence-corrected chi connectivity index (χ1v) is 9.29. The Labute approximate surface area is 131 Å². The second-order valence-corrected chi connectivity index (χ2v) is 8.42. The van der Waals surface area contributed by atoms with Gasteiger partial charge in [0.15, 0.2) is 9.84 Å². The van der Waals surface area contributed by atoms with Gasteiger partial charge in [0.1, 0.15) is 0 Å². The van der Waals surface area contributed by atoms with E-state index in [2.05, 4.69) is 15.1 Å². The summed E-state index contributed by atoms with van der Waals surface area (Å²) in [6.07, 6.45) is 2.53. The Bertz CT molecular complexity index is 725. The summed E-state index contributed by atoms with van der Waals surface area (Å²) in [7, 11) is -2.94. The zero-order valence-electron chi connectivity index (χ0n) is 12.7. The van der Waals surface area contributed by atoms with Gasteiger partial charge in [-0.05, 0) is 25.5 Å². The third-order valence-corrected chi connectivity index (χ3v) is 6.54. The minimum Gasteiger partial charge on any atom is -0.298 e. The van der Waals surface area contributed by atoms with E-state index in [1.807, 2.05) is 43.5 Å². The van der Waals surface area contributed by atoms with Crippen molar-refractivity contribution in [2.75, 3.05) is 18.8 Å². The highest BCUT2D eigenvalue weighted by molar-refractivity contribution is 7.92. The molecule has 1 aliphatic heterocycles. The third-order valence-electron chi connectivity index (χ3n) is 4.33. The molecule has 2 heterocycles. The zero-order valence-corrected chi connectivity index (χ0v) is 13.5. The van der Waals surface area contributed by atoms with Crippen LogP contribution in [-0.4, -0.2) is 47.6 Å². The van der Waals surface area contributed by atoms with Crippen molar-refractivity contribution >= 4 is 9.84 Å². The predicted molar refractivity (Wildman–Crippen MR) is 87.2 cm³/mol. The van der Waals surface area contributed by atoms with Gasteiger partial charge < -0.3 is 0 Å². The van der Waals surface area contributed by atoms with Crippen LogP contribution in [0.2, 0.25) is 0 Å². The Morgan fingerprint density at radius 2 is 2.05 bits per heavy atom. The van der Waals surface area contributed by atoms with E-state index in [-0.39, 0.29) is 11.0 Å². The first-order chi connectivity index (χ1) is 10.6. The second kappa shape index (κ2) is 6.22. The molecule has 1 aromatic carbocycles. The lowest BCUT2D eigenvalue weighted by molar-refractivity contribution is 0.284. The molecule has 3 rings (SSSR count). The van der Waals surface area contributed by atoms with E-state index in [0.717, 1.165) is 29.9 Å². The molecular formula is C16H21N3O2S. The van der Waals surface area contributed by atoms with Gasteiger partial charge in [-0.2, -0.15) is 5.10 Å². The van der Waals surface area contributed by atoms with Crippen LogP contribution in [0.15, 0.2) is 36.5 Å². The fourth-order valence-electron chi connectivity index (χ4n) is 2.80. The van der Waals surface area contributed by atoms with Crippen molar-refractivity contribution in [2.45, 2.75) is 25.1 Å². The van der Waals surface area contributed by atoms with Gasteiger partial charge in [-0.25, -0.2) is 8.42 Å². The lowest BCUT2D eigenvalue weighted by Gasteiger charge is -2.19. The quantitative estimate of drug-likeness (QED) is 0.941. The van der Waals surface area contributed by atoms with Crippen LogP contribution in [0.5, 0.6) is 0 Å². The molecule has 1 saturated heterocycles. The Balaban J connectivity index is 1.76. The maximum Gasteiger partial charge on any atom is 0.154 e. The van der Waals surface area contributed by atoms with Crippen molar-refractivity contribution in [1.82, 2.24) is 15.1 Å². The number of benzene rings is 1. The van der Waals surface area contributed by atoms with Crippen molar-refractivity contribution < 1.29 is 8.42 Å². The molecule has 0 amide bonds. The number of hydrogen-bond acceptors (Lipinski definition) is 4. The summed E-state index contributed by atoms with van der Waals surface area (Å²) in [6.45, 7) is 3.93. The summed E-state index contributed by atoms with van der Waals surface area (Å²) in [5.41, 5.74) is 3.23. The smallest absolute Gasteiger partial charge is 0.154 e. The van der Waals surface area contributed by atoms with Gasteiger partial charge in [-0.1, -0.05) is 30.3 Å². The molecule has 22 heavy (non-hydrogen) atoms. The van der Waals surface area contributed by atoms with Crippen molar-refractivity contribution in [3.8, 4) is 11.3 Å². The minimum atomic E-state index is -2.94. The average Bonchev–Trinajstić information content (AvgIpc) is 2.93. The Morgan fingerprint density at radius 1 is 1.27 bits per heavy atom. The largest absolute Gasteiger partial charge is 0.298 e. The molecule has 0 unspecified atom stereocenters. The van der Waals surface area contributed by atoms with Gasteiger partial charge in [-0.15, -0.1) is 0 Å². The zero-order chi connectivity index (χ0) is 15.6. The van der Waals surface area contributed by atoms with Crippen molar-refractivity contribution in [1.29, 1.82) is 0 Å². The maximum atomic E-state index is 12.0. The number of aromatic nitrogens is 2. The number of rotatable bonds is 3. The van der Waals surface area contributed by atoms with E-state index >= 15 is 0 Å². The Hall–Kier alpha value is -1.66. The summed E-state index contributed by atoms with van der Waals surface area (Å²) in [6, 6.07) is 10.1. The molecular weight excluding hydrogens is 298 g/mol. The van der Waals surface area contributed by atoms with E-state index in [4.69, 9.17) is 0 Å². The molecule has 0 bridgehead atoms. The van der Waals surface area contributed by atoms with Gasteiger partial charge in [-0.3, -0.25) is 10.00 Å². The molecule has 1 aromatic heterocycles. The van der Waals surface area contributed by atoms with Crippen LogP contribution in [-0.2, 0) is 16.4 Å². The van der Waals surface area contributed by atoms with Crippen LogP contribution in [0.3, 0.4) is 0 Å². The molecule has 1 atom stereocenters. The normalized spacial score (nSPS) is 22.3. The van der Waals surface area contributed by atoms with Crippen LogP contribution in [0, 0.1) is 0 Å². The van der Waals surface area contributed by atoms with E-state index in [1.165, 1.54) is 0 Å². The van der Waals surface area contributed by atoms with Crippen molar-refractivity contribution in [2.24, 2.45) is 0 Å². The van der Waals surface area contributed by atoms with E-state index < -0.39 is 9.84 Å². The monoisotopic (exact) mass is 319 g/mol. The van der Waals surface area contributed by atoms with Crippen LogP contribution in [0.25, 0.3) is 11.3 Å². The summed E-state index contributed by atoms with van der Waals surface area (Å²) in [5.74, 6) is 0.243. The summed E-state index contributed by atoms with van der Waals surface area (Å²) < 4.78 is 24.0. The first-order valence-electron chi connectivity index (χ1n) is 7.58. The Morgan fingerprint density at radius 3 is 2.82 bits per heavy atom. The van der Waals surface area contributed by atoms with Gasteiger partial charge in [0.25, 0.3) is 0 Å². The number of nitrogens with one attached hydrogen (secondary N) is 1. The van der Waals surface area contributed by atoms with E-state index in [0.29, 0.717) is 13.0 Å². The van der Waals surface area contributed by atoms with Gasteiger partial charge >= 0.3 is 0 Å². The molecule has 1 aliphatic rings. The Kier molecular flexibility index (Phi) is 4.31. The van der Waals surface area contributed by atoms with Crippen LogP contribution in [0.1, 0.15) is 18.9 Å². The highest BCUT2D eigenvalue weighted by Crippen LogP contribution is 2.23. The first kappa shape index (κ1) is 15.2. The van der Waals surface area contributed by atoms with Crippen LogP contribution >= 0.6 is 0 Å². The number of aromatic amines is 1. The molecule has 0 saturated carbocycles. The molecule has 1 fully saturated rings. The molecule has 6 heteroatoms. The number of hydrogen-bond donors (Lipinski definition) is 1. The molecule has 0 radical (unpaired) electrons. The molecule has 1 N–H and O–H groups in total. The second-order valence-electron chi connectivity index (χ2n) is 5.88. The molecule has 0 spiro atoms. The van der Waals surface area contributed by atoms with Crippen molar-refractivity contribution in [3.05, 3.63) is 42.1 Å². The highest BCUT2D eigenvalue weighted by Gasteiger charge is 2.26. The minimum absolute atomic E-state index is 0.240. The fraction of sp³-hybridized carbons (Fsp3) is 0.438. The summed E-state index contributed by atoms with van der Waals surface area (Å²) in [4.78, 5) is 2.21. The molecule has 118 valence electrons. The van der Waals surface area contributed by atoms with Gasteiger partial charge in [0.05, 0.1) is 22.9 Å². The molecule has 2 aromatic rings. The predicted octanol–water partition coefficient (Wildman–Crippen LogP) is 2.09. The fourth-order valence-corrected chi connectivity index (χ4v) is 4.18. The summed E-state index contributed by atoms with van der Waals surface area (Å²) in [5, 5.41) is 6.98. The number of nitrogens with zero attached hydrogens (tertiary/aromatic N) is 2. The average molecular weight is 319 g/mol. The van der Waals surface area contributed by atoms with Gasteiger partial charge in [0, 0.05) is 18.7 Å². The topological polar surface area (TPSA) is 66.1 Å². The number of sulfone groups is 1. The third kappa shape index (κ3) is 3.23. The highest BCUT2D eigenvalue weighted by atomic mass is 32.2. The SMILES string of the molecule is C[C@H]1CCN(Cc2cn[nH]c2-c2ccccc2)CCS1(=O)=O. The van der Waals surface area contributed by atoms with Gasteiger partial charge in [0.2, 0.25) is 0 Å². The van der Waals surface area contributed by atoms with Crippen molar-refractivity contribution in [3.63, 3.8) is 0 Å². The lowest BCUT2D eigenvalue weighted by atomic mass is 10.1. The molecule has 0 aliphatic carbocycles. The summed E-state index contributed by atoms with van der Waals surface area (Å²) >= 11 is 0. The maximum absolute atomic E-state index is 12.0. The standard InChI is InChI=1S/C16H21N3O2S/c1-13-7-8-19(9-10-22(13,20)21)12-15-11-17-18-16(15)14-5-3-2-4-6-14/h2-6,11,13H,7-10,12H2,1H3,(H,17,18)/t13-/m0/s1. The van der Waals surface area contributed by atoms with Crippen LogP contribution < -0.4 is 0 Å². The lowest BCUT2D eigenvalue weighted by Crippen LogP contribution is -2.26. The molecule has 5 nitrogen and oxygen atoms in total. The van der Waals surface area contributed by atoms with Crippen LogP contribution in [0.4, 0.5) is 0 Å².